The molecule has 0 heterocycles. The van der Waals surface area contributed by atoms with E-state index in [1.54, 1.807) is 22.8 Å². The number of sulfonamides is 2. The molecular weight excluding hydrogens is 1550 g/mol. The summed E-state index contributed by atoms with van der Waals surface area (Å²) in [6, 6.07) is 13.8. The fourth-order valence-electron chi connectivity index (χ4n) is 2.68. The van der Waals surface area contributed by atoms with Crippen molar-refractivity contribution in [3.8, 4) is 11.5 Å². The van der Waals surface area contributed by atoms with Gasteiger partial charge in [0, 0.05) is 30.6 Å². The van der Waals surface area contributed by atoms with E-state index in [4.69, 9.17) is 32.5 Å². The van der Waals surface area contributed by atoms with Gasteiger partial charge in [-0.15, -0.1) is 50.5 Å². The lowest BCUT2D eigenvalue weighted by atomic mass is 10.3. The number of nitrogens with two attached hydrogens (primary N) is 6. The number of aromatic hydroxyl groups is 2. The Morgan fingerprint density at radius 3 is 0.854 bits per heavy atom. The fraction of sp³-hybridized carbons (Fsp3) is 0.190. The van der Waals surface area contributed by atoms with Crippen molar-refractivity contribution in [2.75, 3.05) is 6.26 Å². The minimum atomic E-state index is -6.05. The molecule has 2 rings (SSSR count). The lowest BCUT2D eigenvalue weighted by Gasteiger charge is -2.08. The highest BCUT2D eigenvalue weighted by molar-refractivity contribution is 8.26. The third kappa shape index (κ3) is 68.2. The number of alkyl halides is 6. The molecule has 0 unspecified atom stereocenters. The largest absolute Gasteiger partial charge is 0.516 e. The molecule has 36 nitrogen and oxygen atoms in total. The maximum atomic E-state index is 11.7. The van der Waals surface area contributed by atoms with Crippen LogP contribution in [0.3, 0.4) is 0 Å². The zero-order valence-corrected chi connectivity index (χ0v) is 58.8. The molecule has 0 atom stereocenters. The molecule has 0 radical (unpaired) electrons. The molecule has 96 heavy (non-hydrogen) atoms. The van der Waals surface area contributed by atoms with Gasteiger partial charge in [0.1, 0.15) is 9.98 Å². The molecule has 0 bridgehead atoms. The van der Waals surface area contributed by atoms with Crippen molar-refractivity contribution in [3.05, 3.63) is 48.5 Å². The number of primary amides is 2. The maximum Gasteiger partial charge on any atom is 0.516 e. The van der Waals surface area contributed by atoms with Gasteiger partial charge in [-0.25, -0.2) is 17.9 Å². The molecule has 2 aromatic carbocycles. The maximum absolute atomic E-state index is 11.7. The highest BCUT2D eigenvalue weighted by atomic mass is 32.2. The summed E-state index contributed by atoms with van der Waals surface area (Å²) in [5.41, 5.74) is 22.0. The van der Waals surface area contributed by atoms with Gasteiger partial charge < -0.3 is 55.2 Å². The van der Waals surface area contributed by atoms with Crippen molar-refractivity contribution in [2.24, 2.45) is 34.4 Å². The average molecular weight is 1600 g/mol. The van der Waals surface area contributed by atoms with Crippen molar-refractivity contribution >= 4 is 267 Å². The number of carbonyl (C=O) groups is 14. The second-order valence-electron chi connectivity index (χ2n) is 14.8. The van der Waals surface area contributed by atoms with Crippen LogP contribution in [0.25, 0.3) is 0 Å². The summed E-state index contributed by atoms with van der Waals surface area (Å²) in [4.78, 5) is 147. The number of amidine groups is 2. The first-order chi connectivity index (χ1) is 42.9. The van der Waals surface area contributed by atoms with Crippen LogP contribution in [0.2, 0.25) is 0 Å². The zero-order valence-electron chi connectivity index (χ0n) is 48.6. The van der Waals surface area contributed by atoms with Gasteiger partial charge >= 0.3 is 86.7 Å². The van der Waals surface area contributed by atoms with Gasteiger partial charge in [-0.3, -0.25) is 99.2 Å². The van der Waals surface area contributed by atoms with Crippen LogP contribution in [-0.2, 0) is 87.2 Å². The molecule has 0 spiro atoms. The number of amides is 14. The van der Waals surface area contributed by atoms with E-state index in [9.17, 15) is 110 Å². The summed E-state index contributed by atoms with van der Waals surface area (Å²) in [6.07, 6.45) is -4.83. The first kappa shape index (κ1) is 103. The Hall–Kier alpha value is -8.62. The SMILES string of the molecule is CC(=O)NC(=O)C(=O)NC(=O)C(F)(F)F.CC(=O)NC(=O)C(=O)NC(C)=O.CC(=S)NC(=O)C(=O)NC(C)=S.CS(=O)(=O)NC(=O)C(=O)NS(=O)(=O)C(F)(F)F.N=C(N)C(=N)N.NC(=O)C(N)=O.NC(=S)C(N)=S.Oc1ccccc1O.S=C(S)C(=S)S.Sc1ccccc1S. The summed E-state index contributed by atoms with van der Waals surface area (Å²) in [5.74, 6) is -19.6. The predicted octanol–water partition coefficient (Wildman–Crippen LogP) is -3.66. The number of thiocarbonyl (C=S) groups is 6. The average Bonchev–Trinajstić information content (AvgIpc) is 0.857. The number of rotatable bonds is 3. The minimum Gasteiger partial charge on any atom is -0.504 e. The first-order valence-electron chi connectivity index (χ1n) is 22.4. The van der Waals surface area contributed by atoms with E-state index in [-0.39, 0.29) is 43.1 Å². The number of imide groups is 4. The molecule has 0 fully saturated rings. The Morgan fingerprint density at radius 1 is 0.448 bits per heavy atom. The molecule has 0 saturated heterocycles. The molecular formula is C42H54F6N16O20S12. The second kappa shape index (κ2) is 52.6. The fourth-order valence-corrected chi connectivity index (χ4v) is 4.07. The molecule has 0 aromatic heterocycles. The number of nitrogens with one attached hydrogen (secondary N) is 10. The summed E-state index contributed by atoms with van der Waals surface area (Å²) in [6.45, 7) is 6.05. The Balaban J connectivity index is -0.000000153. The third-order valence-corrected chi connectivity index (χ3v) is 11.1. The number of thiol groups is 4. The number of para-hydroxylation sites is 2. The monoisotopic (exact) mass is 1600 g/mol. The topological polar surface area (TPSA) is 648 Å². The lowest BCUT2D eigenvalue weighted by Crippen LogP contribution is -2.48. The summed E-state index contributed by atoms with van der Waals surface area (Å²) >= 11 is 42.4. The number of hydrogen-bond acceptors (Lipinski definition) is 30. The van der Waals surface area contributed by atoms with Crippen LogP contribution >= 0.6 is 124 Å². The molecule has 0 aliphatic rings. The molecule has 2 aromatic rings. The third-order valence-electron chi connectivity index (χ3n) is 6.29. The number of carbonyl (C=O) groups excluding carboxylic acids is 14. The summed E-state index contributed by atoms with van der Waals surface area (Å²) in [5, 5.41) is 40.0. The molecule has 24 N–H and O–H groups in total. The van der Waals surface area contributed by atoms with Gasteiger partial charge in [0.05, 0.1) is 24.6 Å². The van der Waals surface area contributed by atoms with E-state index in [1.807, 2.05) is 24.3 Å². The van der Waals surface area contributed by atoms with E-state index < -0.39 is 114 Å². The minimum absolute atomic E-state index is 0.0764. The normalized spacial score (nSPS) is 9.42. The number of phenols is 2. The Morgan fingerprint density at radius 2 is 0.688 bits per heavy atom. The van der Waals surface area contributed by atoms with Crippen LogP contribution in [0, 0.1) is 10.8 Å². The van der Waals surface area contributed by atoms with Gasteiger partial charge in [-0.05, 0) is 38.1 Å². The van der Waals surface area contributed by atoms with Crippen LogP contribution in [0.15, 0.2) is 58.3 Å². The van der Waals surface area contributed by atoms with E-state index in [1.165, 1.54) is 31.3 Å². The van der Waals surface area contributed by atoms with E-state index in [0.717, 1.165) is 40.6 Å². The second-order valence-corrected chi connectivity index (χ2v) is 23.6. The van der Waals surface area contributed by atoms with Gasteiger partial charge in [-0.1, -0.05) is 97.6 Å². The van der Waals surface area contributed by atoms with E-state index in [2.05, 4.69) is 157 Å². The van der Waals surface area contributed by atoms with Crippen molar-refractivity contribution in [3.63, 3.8) is 0 Å². The summed E-state index contributed by atoms with van der Waals surface area (Å²) in [7, 11) is -10.2. The van der Waals surface area contributed by atoms with Gasteiger partial charge in [0.2, 0.25) is 27.7 Å². The van der Waals surface area contributed by atoms with E-state index in [0.29, 0.717) is 19.4 Å². The Kier molecular flexibility index (Phi) is 56.7. The van der Waals surface area contributed by atoms with Gasteiger partial charge in [0.25, 0.3) is 0 Å². The molecule has 0 aliphatic carbocycles. The van der Waals surface area contributed by atoms with Crippen molar-refractivity contribution in [1.82, 2.24) is 41.3 Å². The van der Waals surface area contributed by atoms with Crippen molar-refractivity contribution in [2.45, 2.75) is 56.1 Å². The van der Waals surface area contributed by atoms with Crippen LogP contribution in [0.4, 0.5) is 26.3 Å². The van der Waals surface area contributed by atoms with Gasteiger partial charge in [-0.2, -0.15) is 34.8 Å². The van der Waals surface area contributed by atoms with Crippen molar-refractivity contribution in [1.29, 1.82) is 10.8 Å². The van der Waals surface area contributed by atoms with Gasteiger partial charge in [0.15, 0.2) is 23.2 Å². The first-order valence-corrected chi connectivity index (χ1v) is 30.0. The van der Waals surface area contributed by atoms with Crippen LogP contribution in [0.5, 0.6) is 11.5 Å². The summed E-state index contributed by atoms with van der Waals surface area (Å²) < 4.78 is 114. The highest BCUT2D eigenvalue weighted by Gasteiger charge is 2.48. The lowest BCUT2D eigenvalue weighted by molar-refractivity contribution is -0.175. The molecule has 0 saturated carbocycles. The van der Waals surface area contributed by atoms with Crippen LogP contribution in [-0.4, -0.2) is 168 Å². The predicted molar refractivity (Wildman–Crippen MR) is 364 cm³/mol. The smallest absolute Gasteiger partial charge is 0.504 e. The quantitative estimate of drug-likeness (QED) is 0.0268. The highest BCUT2D eigenvalue weighted by Crippen LogP contribution is 2.22. The molecule has 0 aliphatic heterocycles. The van der Waals surface area contributed by atoms with Crippen LogP contribution in [0.1, 0.15) is 34.6 Å². The standard InChI is InChI=1S/C6H5F3N2O4.C6H8N2O4.C6H8N2O2S2.C6H6O2.C6H6S2.C4H5F3N2O6S2.C2H6N4.C2H4N2O2.C2H4N2S2.C2H2S4/c1-2(12)10-3(13)4(14)11-5(15)6(7,8)9;1-3(9)7-5(11)6(12)8-4(2)10;1-3(11)7-5(9)6(10)8-4(2)12;2*7-5-3-1-2-4-6(5)8;1-16(12,13)8-2(10)3(11)9-17(14,15)4(5,6)7;3-1(4)2(5)6;2*3-1(5)2(4)6;3-1(4)2(5)6/h1H3,(H,10,12,13)(H,11,14,15);2*1-2H3,(H,7,9,11)(H,8,10,12);2*1-4,7-8H;1H3,(H,8,10)(H,9,11);(H3,3,4)(H3,5,6);2*(H2,3,5)(H2,4,6);(H,3,4)(H,5,6). The van der Waals surface area contributed by atoms with E-state index >= 15 is 0 Å². The number of benzene rings is 2. The molecule has 54 heteroatoms. The zero-order chi connectivity index (χ0) is 78.3. The van der Waals surface area contributed by atoms with Crippen LogP contribution < -0.4 is 75.7 Å². The number of hydrogen-bond donors (Lipinski definition) is 22. The number of halogens is 6. The molecule has 536 valence electrons. The van der Waals surface area contributed by atoms with Crippen molar-refractivity contribution < 1.29 is 121 Å². The number of phenolic OH excluding ortho intramolecular Hbond substituents is 2. The molecule has 14 amide bonds. The Bertz CT molecular complexity index is 3200. The Labute approximate surface area is 591 Å².